The maximum Gasteiger partial charge on any atom is 0.0721 e. The summed E-state index contributed by atoms with van der Waals surface area (Å²) in [5.74, 6) is 0. The number of nitrogens with zero attached hydrogens (tertiary/aromatic N) is 1. The summed E-state index contributed by atoms with van der Waals surface area (Å²) in [6.45, 7) is 9.65. The van der Waals surface area contributed by atoms with E-state index in [1.807, 2.05) is 0 Å². The molecule has 0 amide bonds. The van der Waals surface area contributed by atoms with Gasteiger partial charge in [-0.05, 0) is 32.8 Å². The molecule has 1 aromatic carbocycles. The van der Waals surface area contributed by atoms with Crippen LogP contribution in [0.1, 0.15) is 32.8 Å². The highest BCUT2D eigenvalue weighted by Crippen LogP contribution is 2.20. The van der Waals surface area contributed by atoms with Crippen LogP contribution >= 0.6 is 0 Å². The number of likely N-dealkylation sites (tertiary alicyclic amines) is 1. The van der Waals surface area contributed by atoms with E-state index in [4.69, 9.17) is 4.74 Å². The second-order valence-corrected chi connectivity index (χ2v) is 5.86. The standard InChI is InChI=1S/C15H23NO/c1-15(2,3)17-14-9-10-16(12-14)11-13-7-5-4-6-8-13/h4-8,14H,9-12H2,1-3H3/t14-/m0/s1. The van der Waals surface area contributed by atoms with Gasteiger partial charge in [0.2, 0.25) is 0 Å². The topological polar surface area (TPSA) is 12.5 Å². The number of hydrogen-bond acceptors (Lipinski definition) is 2. The molecule has 94 valence electrons. The van der Waals surface area contributed by atoms with Gasteiger partial charge in [-0.25, -0.2) is 0 Å². The molecule has 1 fully saturated rings. The Hall–Kier alpha value is -0.860. The predicted molar refractivity (Wildman–Crippen MR) is 71.0 cm³/mol. The Morgan fingerprint density at radius 2 is 1.94 bits per heavy atom. The summed E-state index contributed by atoms with van der Waals surface area (Å²) in [4.78, 5) is 2.48. The van der Waals surface area contributed by atoms with E-state index in [1.54, 1.807) is 0 Å². The zero-order chi connectivity index (χ0) is 12.3. The van der Waals surface area contributed by atoms with Crippen LogP contribution in [0.25, 0.3) is 0 Å². The third-order valence-corrected chi connectivity index (χ3v) is 3.00. The van der Waals surface area contributed by atoms with Gasteiger partial charge in [0.15, 0.2) is 0 Å². The molecule has 1 aromatic rings. The van der Waals surface area contributed by atoms with Crippen molar-refractivity contribution in [2.24, 2.45) is 0 Å². The van der Waals surface area contributed by atoms with Gasteiger partial charge in [0.25, 0.3) is 0 Å². The van der Waals surface area contributed by atoms with E-state index in [0.29, 0.717) is 6.10 Å². The Morgan fingerprint density at radius 1 is 1.24 bits per heavy atom. The van der Waals surface area contributed by atoms with E-state index < -0.39 is 0 Å². The van der Waals surface area contributed by atoms with Crippen molar-refractivity contribution in [1.82, 2.24) is 4.90 Å². The minimum absolute atomic E-state index is 0.0204. The Morgan fingerprint density at radius 3 is 2.59 bits per heavy atom. The fourth-order valence-corrected chi connectivity index (χ4v) is 2.38. The molecule has 1 atom stereocenters. The molecule has 0 spiro atoms. The zero-order valence-electron chi connectivity index (χ0n) is 11.1. The maximum atomic E-state index is 6.02. The van der Waals surface area contributed by atoms with Crippen LogP contribution in [0.2, 0.25) is 0 Å². The van der Waals surface area contributed by atoms with Gasteiger partial charge in [0.05, 0.1) is 11.7 Å². The van der Waals surface area contributed by atoms with Crippen LogP contribution in [0.4, 0.5) is 0 Å². The molecule has 0 aromatic heterocycles. The molecule has 0 aliphatic carbocycles. The zero-order valence-corrected chi connectivity index (χ0v) is 11.1. The van der Waals surface area contributed by atoms with Gasteiger partial charge in [0.1, 0.15) is 0 Å². The van der Waals surface area contributed by atoms with E-state index in [1.165, 1.54) is 5.56 Å². The van der Waals surface area contributed by atoms with E-state index in [0.717, 1.165) is 26.1 Å². The minimum atomic E-state index is -0.0204. The van der Waals surface area contributed by atoms with Crippen LogP contribution in [-0.4, -0.2) is 29.7 Å². The second-order valence-electron chi connectivity index (χ2n) is 5.86. The molecule has 0 N–H and O–H groups in total. The smallest absolute Gasteiger partial charge is 0.0721 e. The minimum Gasteiger partial charge on any atom is -0.371 e. The molecule has 0 bridgehead atoms. The average molecular weight is 233 g/mol. The van der Waals surface area contributed by atoms with Crippen molar-refractivity contribution in [3.8, 4) is 0 Å². The molecule has 1 aliphatic rings. The first-order chi connectivity index (χ1) is 8.03. The Bertz CT molecular complexity index is 342. The normalized spacial score (nSPS) is 21.9. The Balaban J connectivity index is 1.82. The third-order valence-electron chi connectivity index (χ3n) is 3.00. The van der Waals surface area contributed by atoms with Gasteiger partial charge < -0.3 is 4.74 Å². The lowest BCUT2D eigenvalue weighted by Gasteiger charge is -2.25. The van der Waals surface area contributed by atoms with Crippen LogP contribution < -0.4 is 0 Å². The highest BCUT2D eigenvalue weighted by atomic mass is 16.5. The fraction of sp³-hybridized carbons (Fsp3) is 0.600. The van der Waals surface area contributed by atoms with Gasteiger partial charge in [-0.15, -0.1) is 0 Å². The maximum absolute atomic E-state index is 6.02. The molecular formula is C15H23NO. The SMILES string of the molecule is CC(C)(C)O[C@H]1CCN(Cc2ccccc2)C1. The fourth-order valence-electron chi connectivity index (χ4n) is 2.38. The lowest BCUT2D eigenvalue weighted by Crippen LogP contribution is -2.30. The molecule has 2 rings (SSSR count). The molecule has 17 heavy (non-hydrogen) atoms. The Kier molecular flexibility index (Phi) is 3.85. The Labute approximate surface area is 105 Å². The first kappa shape index (κ1) is 12.6. The van der Waals surface area contributed by atoms with E-state index in [2.05, 4.69) is 56.0 Å². The summed E-state index contributed by atoms with van der Waals surface area (Å²) in [6, 6.07) is 10.7. The van der Waals surface area contributed by atoms with Crippen molar-refractivity contribution in [1.29, 1.82) is 0 Å². The summed E-state index contributed by atoms with van der Waals surface area (Å²) < 4.78 is 6.02. The second kappa shape index (κ2) is 5.19. The monoisotopic (exact) mass is 233 g/mol. The molecule has 0 saturated carbocycles. The van der Waals surface area contributed by atoms with E-state index in [9.17, 15) is 0 Å². The number of ether oxygens (including phenoxy) is 1. The molecule has 2 nitrogen and oxygen atoms in total. The van der Waals surface area contributed by atoms with Crippen LogP contribution in [0.5, 0.6) is 0 Å². The molecule has 1 aliphatic heterocycles. The number of rotatable bonds is 3. The first-order valence-electron chi connectivity index (χ1n) is 6.47. The van der Waals surface area contributed by atoms with Crippen molar-refractivity contribution >= 4 is 0 Å². The van der Waals surface area contributed by atoms with E-state index in [-0.39, 0.29) is 5.60 Å². The van der Waals surface area contributed by atoms with Crippen LogP contribution in [0, 0.1) is 0 Å². The lowest BCUT2D eigenvalue weighted by atomic mass is 10.2. The summed E-state index contributed by atoms with van der Waals surface area (Å²) in [5.41, 5.74) is 1.37. The number of benzene rings is 1. The average Bonchev–Trinajstić information content (AvgIpc) is 2.64. The highest BCUT2D eigenvalue weighted by Gasteiger charge is 2.26. The van der Waals surface area contributed by atoms with Gasteiger partial charge in [-0.2, -0.15) is 0 Å². The van der Waals surface area contributed by atoms with Crippen molar-refractivity contribution in [2.75, 3.05) is 13.1 Å². The molecule has 0 unspecified atom stereocenters. The molecular weight excluding hydrogens is 210 g/mol. The van der Waals surface area contributed by atoms with Crippen molar-refractivity contribution in [3.05, 3.63) is 35.9 Å². The van der Waals surface area contributed by atoms with Crippen molar-refractivity contribution in [3.63, 3.8) is 0 Å². The molecule has 1 heterocycles. The molecule has 0 radical (unpaired) electrons. The largest absolute Gasteiger partial charge is 0.371 e. The van der Waals surface area contributed by atoms with Crippen molar-refractivity contribution < 1.29 is 4.74 Å². The lowest BCUT2D eigenvalue weighted by molar-refractivity contribution is -0.0541. The summed E-state index contributed by atoms with van der Waals surface area (Å²) in [7, 11) is 0. The van der Waals surface area contributed by atoms with E-state index >= 15 is 0 Å². The van der Waals surface area contributed by atoms with Gasteiger partial charge >= 0.3 is 0 Å². The quantitative estimate of drug-likeness (QED) is 0.795. The van der Waals surface area contributed by atoms with Crippen LogP contribution in [0.3, 0.4) is 0 Å². The molecule has 2 heteroatoms. The summed E-state index contributed by atoms with van der Waals surface area (Å²) in [6.07, 6.45) is 1.56. The van der Waals surface area contributed by atoms with Gasteiger partial charge in [-0.1, -0.05) is 30.3 Å². The summed E-state index contributed by atoms with van der Waals surface area (Å²) in [5, 5.41) is 0. The van der Waals surface area contributed by atoms with Crippen LogP contribution in [-0.2, 0) is 11.3 Å². The van der Waals surface area contributed by atoms with Crippen molar-refractivity contribution in [2.45, 2.75) is 45.4 Å². The molecule has 1 saturated heterocycles. The third kappa shape index (κ3) is 4.14. The highest BCUT2D eigenvalue weighted by molar-refractivity contribution is 5.14. The van der Waals surface area contributed by atoms with Crippen LogP contribution in [0.15, 0.2) is 30.3 Å². The number of hydrogen-bond donors (Lipinski definition) is 0. The van der Waals surface area contributed by atoms with Gasteiger partial charge in [-0.3, -0.25) is 4.90 Å². The summed E-state index contributed by atoms with van der Waals surface area (Å²) >= 11 is 0. The first-order valence-corrected chi connectivity index (χ1v) is 6.47. The predicted octanol–water partition coefficient (Wildman–Crippen LogP) is 3.08. The van der Waals surface area contributed by atoms with Gasteiger partial charge in [0, 0.05) is 19.6 Å².